The number of anilines is 1. The van der Waals surface area contributed by atoms with Gasteiger partial charge in [-0.15, -0.1) is 24.0 Å². The maximum atomic E-state index is 5.58. The third kappa shape index (κ3) is 8.00. The number of likely N-dealkylation sites (tertiary alicyclic amines) is 1. The summed E-state index contributed by atoms with van der Waals surface area (Å²) in [6.07, 6.45) is 6.19. The molecule has 2 saturated heterocycles. The Balaban J connectivity index is 0.00000341. The molecular formula is C24H42IN5O. The van der Waals surface area contributed by atoms with Gasteiger partial charge in [0.25, 0.3) is 0 Å². The van der Waals surface area contributed by atoms with Crippen LogP contribution in [0.3, 0.4) is 0 Å². The highest BCUT2D eigenvalue weighted by Crippen LogP contribution is 2.29. The second-order valence-electron chi connectivity index (χ2n) is 8.53. The number of guanidine groups is 1. The van der Waals surface area contributed by atoms with E-state index in [0.717, 1.165) is 43.8 Å². The molecule has 2 heterocycles. The first-order valence-corrected chi connectivity index (χ1v) is 11.9. The van der Waals surface area contributed by atoms with E-state index >= 15 is 0 Å². The Bertz CT molecular complexity index is 663. The second-order valence-corrected chi connectivity index (χ2v) is 8.53. The fourth-order valence-electron chi connectivity index (χ4n) is 4.67. The largest absolute Gasteiger partial charge is 0.495 e. The van der Waals surface area contributed by atoms with Crippen LogP contribution in [0.4, 0.5) is 5.69 Å². The van der Waals surface area contributed by atoms with Crippen LogP contribution in [0, 0.1) is 5.92 Å². The van der Waals surface area contributed by atoms with Crippen LogP contribution < -0.4 is 20.3 Å². The predicted octanol–water partition coefficient (Wildman–Crippen LogP) is 3.96. The van der Waals surface area contributed by atoms with Crippen molar-refractivity contribution in [3.8, 4) is 5.75 Å². The molecule has 31 heavy (non-hydrogen) atoms. The molecule has 0 aromatic heterocycles. The minimum Gasteiger partial charge on any atom is -0.495 e. The third-order valence-corrected chi connectivity index (χ3v) is 6.49. The van der Waals surface area contributed by atoms with Crippen LogP contribution in [0.1, 0.15) is 46.0 Å². The second kappa shape index (κ2) is 14.0. The lowest BCUT2D eigenvalue weighted by molar-refractivity contribution is 0.188. The van der Waals surface area contributed by atoms with Gasteiger partial charge in [-0.05, 0) is 76.7 Å². The standard InChI is InChI=1S/C24H41N5O.HI/c1-4-25-24(26-15-12-20-13-17-28(5-2)18-14-20)27-21-9-8-16-29(19-21)22-10-6-7-11-23(22)30-3;/h6-7,10-11,20-21H,4-5,8-9,12-19H2,1-3H3,(H2,25,26,27);1H. The van der Waals surface area contributed by atoms with E-state index in [9.17, 15) is 0 Å². The van der Waals surface area contributed by atoms with Crippen LogP contribution in [0.25, 0.3) is 0 Å². The van der Waals surface area contributed by atoms with E-state index in [4.69, 9.17) is 9.73 Å². The SMILES string of the molecule is CCNC(=NCCC1CCN(CC)CC1)NC1CCCN(c2ccccc2OC)C1.I. The summed E-state index contributed by atoms with van der Waals surface area (Å²) in [5.41, 5.74) is 1.19. The van der Waals surface area contributed by atoms with Gasteiger partial charge in [0.15, 0.2) is 5.96 Å². The van der Waals surface area contributed by atoms with Crippen LogP contribution in [0.5, 0.6) is 5.75 Å². The molecule has 2 aliphatic heterocycles. The minimum absolute atomic E-state index is 0. The summed E-state index contributed by atoms with van der Waals surface area (Å²) in [5, 5.41) is 7.14. The van der Waals surface area contributed by atoms with Crippen molar-refractivity contribution in [1.82, 2.24) is 15.5 Å². The molecule has 2 N–H and O–H groups in total. The molecule has 0 bridgehead atoms. The minimum atomic E-state index is 0. The van der Waals surface area contributed by atoms with E-state index in [1.165, 1.54) is 57.4 Å². The van der Waals surface area contributed by atoms with Gasteiger partial charge in [-0.25, -0.2) is 0 Å². The van der Waals surface area contributed by atoms with E-state index in [-0.39, 0.29) is 24.0 Å². The van der Waals surface area contributed by atoms with Gasteiger partial charge in [0, 0.05) is 32.2 Å². The molecule has 2 fully saturated rings. The molecule has 0 saturated carbocycles. The van der Waals surface area contributed by atoms with Crippen molar-refractivity contribution in [2.24, 2.45) is 10.9 Å². The highest BCUT2D eigenvalue weighted by atomic mass is 127. The first-order valence-electron chi connectivity index (χ1n) is 11.9. The number of ether oxygens (including phenoxy) is 1. The first kappa shape index (κ1) is 26.0. The zero-order valence-electron chi connectivity index (χ0n) is 19.6. The summed E-state index contributed by atoms with van der Waals surface area (Å²) in [7, 11) is 1.75. The maximum absolute atomic E-state index is 5.58. The number of hydrogen-bond donors (Lipinski definition) is 2. The number of methoxy groups -OCH3 is 1. The lowest BCUT2D eigenvalue weighted by atomic mass is 9.94. The van der Waals surface area contributed by atoms with Gasteiger partial charge < -0.3 is 25.2 Å². The molecular weight excluding hydrogens is 501 g/mol. The lowest BCUT2D eigenvalue weighted by Gasteiger charge is -2.36. The zero-order chi connectivity index (χ0) is 21.2. The van der Waals surface area contributed by atoms with E-state index in [1.807, 2.05) is 12.1 Å². The van der Waals surface area contributed by atoms with Crippen molar-refractivity contribution in [3.05, 3.63) is 24.3 Å². The van der Waals surface area contributed by atoms with Crippen molar-refractivity contribution in [2.45, 2.75) is 52.0 Å². The Morgan fingerprint density at radius 1 is 1.13 bits per heavy atom. The Kier molecular flexibility index (Phi) is 11.8. The molecule has 0 spiro atoms. The highest BCUT2D eigenvalue weighted by Gasteiger charge is 2.23. The van der Waals surface area contributed by atoms with Crippen molar-refractivity contribution in [1.29, 1.82) is 0 Å². The lowest BCUT2D eigenvalue weighted by Crippen LogP contribution is -2.51. The van der Waals surface area contributed by atoms with Crippen LogP contribution in [-0.2, 0) is 0 Å². The quantitative estimate of drug-likeness (QED) is 0.296. The molecule has 1 aromatic rings. The van der Waals surface area contributed by atoms with Gasteiger partial charge in [-0.1, -0.05) is 19.1 Å². The Morgan fingerprint density at radius 3 is 2.61 bits per heavy atom. The normalized spacial score (nSPS) is 20.8. The molecule has 6 nitrogen and oxygen atoms in total. The van der Waals surface area contributed by atoms with Crippen molar-refractivity contribution < 1.29 is 4.74 Å². The topological polar surface area (TPSA) is 52.1 Å². The molecule has 176 valence electrons. The van der Waals surface area contributed by atoms with Crippen LogP contribution >= 0.6 is 24.0 Å². The molecule has 0 aliphatic carbocycles. The van der Waals surface area contributed by atoms with Gasteiger partial charge in [0.2, 0.25) is 0 Å². The van der Waals surface area contributed by atoms with Crippen molar-refractivity contribution >= 4 is 35.6 Å². The molecule has 7 heteroatoms. The van der Waals surface area contributed by atoms with E-state index in [0.29, 0.717) is 6.04 Å². The molecule has 1 unspecified atom stereocenters. The van der Waals surface area contributed by atoms with E-state index < -0.39 is 0 Å². The van der Waals surface area contributed by atoms with Crippen LogP contribution in [-0.4, -0.2) is 69.8 Å². The number of nitrogens with one attached hydrogen (secondary N) is 2. The molecule has 3 rings (SSSR count). The number of piperidine rings is 2. The summed E-state index contributed by atoms with van der Waals surface area (Å²) in [5.74, 6) is 2.75. The maximum Gasteiger partial charge on any atom is 0.191 e. The highest BCUT2D eigenvalue weighted by molar-refractivity contribution is 14.0. The predicted molar refractivity (Wildman–Crippen MR) is 142 cm³/mol. The van der Waals surface area contributed by atoms with Gasteiger partial charge >= 0.3 is 0 Å². The summed E-state index contributed by atoms with van der Waals surface area (Å²) in [4.78, 5) is 9.90. The van der Waals surface area contributed by atoms with Gasteiger partial charge in [0.1, 0.15) is 5.75 Å². The fourth-order valence-corrected chi connectivity index (χ4v) is 4.67. The molecule has 2 aliphatic rings. The van der Waals surface area contributed by atoms with Crippen molar-refractivity contribution in [2.75, 3.05) is 57.8 Å². The van der Waals surface area contributed by atoms with Gasteiger partial charge in [-0.2, -0.15) is 0 Å². The average Bonchev–Trinajstić information content (AvgIpc) is 2.80. The number of para-hydroxylation sites is 2. The van der Waals surface area contributed by atoms with Gasteiger partial charge in [0.05, 0.1) is 12.8 Å². The van der Waals surface area contributed by atoms with E-state index in [2.05, 4.69) is 46.4 Å². The number of halogens is 1. The summed E-state index contributed by atoms with van der Waals surface area (Å²) in [6, 6.07) is 8.72. The van der Waals surface area contributed by atoms with Crippen LogP contribution in [0.2, 0.25) is 0 Å². The number of aliphatic imine (C=N–C) groups is 1. The monoisotopic (exact) mass is 543 g/mol. The molecule has 1 aromatic carbocycles. The molecule has 0 amide bonds. The number of rotatable bonds is 8. The Hall–Kier alpha value is -1.22. The molecule has 0 radical (unpaired) electrons. The third-order valence-electron chi connectivity index (χ3n) is 6.49. The number of nitrogens with zero attached hydrogens (tertiary/aromatic N) is 3. The van der Waals surface area contributed by atoms with Crippen LogP contribution in [0.15, 0.2) is 29.3 Å². The van der Waals surface area contributed by atoms with Crippen molar-refractivity contribution in [3.63, 3.8) is 0 Å². The van der Waals surface area contributed by atoms with E-state index in [1.54, 1.807) is 7.11 Å². The number of benzene rings is 1. The zero-order valence-corrected chi connectivity index (χ0v) is 21.9. The fraction of sp³-hybridized carbons (Fsp3) is 0.708. The summed E-state index contributed by atoms with van der Waals surface area (Å²) in [6.45, 7) is 11.9. The summed E-state index contributed by atoms with van der Waals surface area (Å²) >= 11 is 0. The Morgan fingerprint density at radius 2 is 1.90 bits per heavy atom. The average molecular weight is 544 g/mol. The number of hydrogen-bond acceptors (Lipinski definition) is 4. The molecule has 1 atom stereocenters. The smallest absolute Gasteiger partial charge is 0.191 e. The Labute approximate surface area is 206 Å². The first-order chi connectivity index (χ1) is 14.7. The summed E-state index contributed by atoms with van der Waals surface area (Å²) < 4.78 is 5.58. The van der Waals surface area contributed by atoms with Gasteiger partial charge in [-0.3, -0.25) is 4.99 Å².